The predicted octanol–water partition coefficient (Wildman–Crippen LogP) is 3.30. The summed E-state index contributed by atoms with van der Waals surface area (Å²) in [4.78, 5) is 4.46. The van der Waals surface area contributed by atoms with Crippen molar-refractivity contribution in [3.05, 3.63) is 59.4 Å². The number of rotatable bonds is 5. The fourth-order valence-corrected chi connectivity index (χ4v) is 2.96. The standard InChI is InChI=1S/C18H22N2O/c1-2-19-17(13-15-9-3-4-11-20-15)16-10-5-7-14-8-6-12-21-18(14)16/h3-5,7,9-11,17,19H,2,6,8,12-13H2,1H3. The highest BCUT2D eigenvalue weighted by Crippen LogP contribution is 2.34. The molecule has 0 saturated heterocycles. The Morgan fingerprint density at radius 3 is 3.00 bits per heavy atom. The van der Waals surface area contributed by atoms with Gasteiger partial charge in [-0.2, -0.15) is 0 Å². The van der Waals surface area contributed by atoms with E-state index in [1.165, 1.54) is 11.1 Å². The molecule has 0 radical (unpaired) electrons. The molecule has 3 heteroatoms. The monoisotopic (exact) mass is 282 g/mol. The molecule has 21 heavy (non-hydrogen) atoms. The van der Waals surface area contributed by atoms with Crippen molar-refractivity contribution in [3.8, 4) is 5.75 Å². The van der Waals surface area contributed by atoms with Crippen LogP contribution in [-0.4, -0.2) is 18.1 Å². The molecule has 0 fully saturated rings. The molecule has 2 aromatic rings. The minimum absolute atomic E-state index is 0.248. The molecule has 0 aliphatic carbocycles. The van der Waals surface area contributed by atoms with E-state index in [0.717, 1.165) is 43.9 Å². The van der Waals surface area contributed by atoms with Crippen LogP contribution in [0.1, 0.15) is 36.2 Å². The lowest BCUT2D eigenvalue weighted by Crippen LogP contribution is -2.25. The van der Waals surface area contributed by atoms with E-state index >= 15 is 0 Å². The maximum absolute atomic E-state index is 5.96. The minimum atomic E-state index is 0.248. The quantitative estimate of drug-likeness (QED) is 0.913. The van der Waals surface area contributed by atoms with Gasteiger partial charge >= 0.3 is 0 Å². The molecule has 2 heterocycles. The third-order valence-corrected chi connectivity index (χ3v) is 3.93. The molecule has 1 aromatic carbocycles. The van der Waals surface area contributed by atoms with Crippen LogP contribution in [0.25, 0.3) is 0 Å². The molecule has 110 valence electrons. The topological polar surface area (TPSA) is 34.2 Å². The van der Waals surface area contributed by atoms with E-state index in [9.17, 15) is 0 Å². The molecule has 1 N–H and O–H groups in total. The summed E-state index contributed by atoms with van der Waals surface area (Å²) in [7, 11) is 0. The van der Waals surface area contributed by atoms with Gasteiger partial charge in [0.05, 0.1) is 6.61 Å². The second kappa shape index (κ2) is 6.72. The Bertz CT molecular complexity index is 583. The number of fused-ring (bicyclic) bond motifs is 1. The lowest BCUT2D eigenvalue weighted by atomic mass is 9.95. The Morgan fingerprint density at radius 1 is 1.24 bits per heavy atom. The van der Waals surface area contributed by atoms with Gasteiger partial charge in [-0.15, -0.1) is 0 Å². The Balaban J connectivity index is 1.90. The number of para-hydroxylation sites is 1. The van der Waals surface area contributed by atoms with Crippen LogP contribution in [0.5, 0.6) is 5.75 Å². The molecule has 1 aliphatic rings. The van der Waals surface area contributed by atoms with Gasteiger partial charge in [0.25, 0.3) is 0 Å². The second-order valence-corrected chi connectivity index (χ2v) is 5.42. The molecule has 3 rings (SSSR count). The summed E-state index contributed by atoms with van der Waals surface area (Å²) < 4.78 is 5.96. The van der Waals surface area contributed by atoms with Gasteiger partial charge in [0.2, 0.25) is 0 Å². The van der Waals surface area contributed by atoms with Crippen LogP contribution in [-0.2, 0) is 12.8 Å². The van der Waals surface area contributed by atoms with Gasteiger partial charge in [-0.1, -0.05) is 31.2 Å². The lowest BCUT2D eigenvalue weighted by Gasteiger charge is -2.25. The van der Waals surface area contributed by atoms with E-state index in [1.807, 2.05) is 18.3 Å². The smallest absolute Gasteiger partial charge is 0.127 e. The summed E-state index contributed by atoms with van der Waals surface area (Å²) in [6, 6.07) is 12.8. The highest BCUT2D eigenvalue weighted by molar-refractivity contribution is 5.45. The van der Waals surface area contributed by atoms with E-state index < -0.39 is 0 Å². The Hall–Kier alpha value is -1.87. The van der Waals surface area contributed by atoms with E-state index in [-0.39, 0.29) is 6.04 Å². The Morgan fingerprint density at radius 2 is 2.19 bits per heavy atom. The fourth-order valence-electron chi connectivity index (χ4n) is 2.96. The summed E-state index contributed by atoms with van der Waals surface area (Å²) in [5.74, 6) is 1.09. The van der Waals surface area contributed by atoms with Crippen molar-refractivity contribution in [2.24, 2.45) is 0 Å². The summed E-state index contributed by atoms with van der Waals surface area (Å²) >= 11 is 0. The summed E-state index contributed by atoms with van der Waals surface area (Å²) in [5, 5.41) is 3.58. The zero-order chi connectivity index (χ0) is 14.5. The molecule has 1 atom stereocenters. The highest BCUT2D eigenvalue weighted by atomic mass is 16.5. The average Bonchev–Trinajstić information content (AvgIpc) is 2.55. The summed E-state index contributed by atoms with van der Waals surface area (Å²) in [5.41, 5.74) is 3.71. The lowest BCUT2D eigenvalue weighted by molar-refractivity contribution is 0.281. The number of nitrogens with zero attached hydrogens (tertiary/aromatic N) is 1. The summed E-state index contributed by atoms with van der Waals surface area (Å²) in [6.45, 7) is 3.90. The van der Waals surface area contributed by atoms with Crippen LogP contribution in [0.4, 0.5) is 0 Å². The van der Waals surface area contributed by atoms with Gasteiger partial charge in [-0.25, -0.2) is 0 Å². The van der Waals surface area contributed by atoms with Crippen LogP contribution in [0.3, 0.4) is 0 Å². The fraction of sp³-hybridized carbons (Fsp3) is 0.389. The van der Waals surface area contributed by atoms with Crippen LogP contribution >= 0.6 is 0 Å². The number of hydrogen-bond donors (Lipinski definition) is 1. The van der Waals surface area contributed by atoms with Gasteiger partial charge in [0.15, 0.2) is 0 Å². The van der Waals surface area contributed by atoms with Crippen LogP contribution < -0.4 is 10.1 Å². The van der Waals surface area contributed by atoms with Crippen molar-refractivity contribution < 1.29 is 4.74 Å². The molecule has 0 spiro atoms. The number of aromatic nitrogens is 1. The third-order valence-electron chi connectivity index (χ3n) is 3.93. The average molecular weight is 282 g/mol. The number of nitrogens with one attached hydrogen (secondary N) is 1. The number of benzene rings is 1. The molecule has 1 aliphatic heterocycles. The van der Waals surface area contributed by atoms with Crippen LogP contribution in [0, 0.1) is 0 Å². The molecular weight excluding hydrogens is 260 g/mol. The van der Waals surface area contributed by atoms with Crippen molar-refractivity contribution >= 4 is 0 Å². The second-order valence-electron chi connectivity index (χ2n) is 5.42. The number of likely N-dealkylation sites (N-methyl/N-ethyl adjacent to an activating group) is 1. The van der Waals surface area contributed by atoms with Gasteiger partial charge in [0.1, 0.15) is 5.75 Å². The zero-order valence-electron chi connectivity index (χ0n) is 12.5. The molecule has 1 aromatic heterocycles. The molecule has 0 bridgehead atoms. The first-order valence-corrected chi connectivity index (χ1v) is 7.76. The van der Waals surface area contributed by atoms with Gasteiger partial charge in [0, 0.05) is 29.9 Å². The van der Waals surface area contributed by atoms with Crippen molar-refractivity contribution in [1.82, 2.24) is 10.3 Å². The molecular formula is C18H22N2O. The molecule has 1 unspecified atom stereocenters. The van der Waals surface area contributed by atoms with Crippen molar-refractivity contribution in [1.29, 1.82) is 0 Å². The Labute approximate surface area is 126 Å². The van der Waals surface area contributed by atoms with E-state index in [4.69, 9.17) is 4.74 Å². The summed E-state index contributed by atoms with van der Waals surface area (Å²) in [6.07, 6.45) is 4.97. The number of aryl methyl sites for hydroxylation is 1. The highest BCUT2D eigenvalue weighted by Gasteiger charge is 2.21. The van der Waals surface area contributed by atoms with Crippen molar-refractivity contribution in [2.75, 3.05) is 13.2 Å². The SMILES string of the molecule is CCNC(Cc1ccccn1)c1cccc2c1OCCC2. The van der Waals surface area contributed by atoms with Crippen LogP contribution in [0.15, 0.2) is 42.6 Å². The van der Waals surface area contributed by atoms with Gasteiger partial charge in [-0.05, 0) is 37.1 Å². The van der Waals surface area contributed by atoms with E-state index in [2.05, 4.69) is 41.5 Å². The van der Waals surface area contributed by atoms with E-state index in [1.54, 1.807) is 0 Å². The minimum Gasteiger partial charge on any atom is -0.493 e. The largest absolute Gasteiger partial charge is 0.493 e. The van der Waals surface area contributed by atoms with Crippen LogP contribution in [0.2, 0.25) is 0 Å². The number of ether oxygens (including phenoxy) is 1. The van der Waals surface area contributed by atoms with Crippen molar-refractivity contribution in [3.63, 3.8) is 0 Å². The molecule has 0 saturated carbocycles. The number of hydrogen-bond acceptors (Lipinski definition) is 3. The normalized spacial score (nSPS) is 15.1. The first kappa shape index (κ1) is 14.1. The van der Waals surface area contributed by atoms with E-state index in [0.29, 0.717) is 0 Å². The zero-order valence-corrected chi connectivity index (χ0v) is 12.5. The number of pyridine rings is 1. The Kier molecular flexibility index (Phi) is 4.51. The first-order valence-electron chi connectivity index (χ1n) is 7.76. The van der Waals surface area contributed by atoms with Gasteiger partial charge in [-0.3, -0.25) is 4.98 Å². The van der Waals surface area contributed by atoms with Gasteiger partial charge < -0.3 is 10.1 Å². The third kappa shape index (κ3) is 3.24. The molecule has 0 amide bonds. The molecule has 3 nitrogen and oxygen atoms in total. The maximum Gasteiger partial charge on any atom is 0.127 e. The first-order chi connectivity index (χ1) is 10.4. The maximum atomic E-state index is 5.96. The van der Waals surface area contributed by atoms with Crippen molar-refractivity contribution in [2.45, 2.75) is 32.2 Å². The predicted molar refractivity (Wildman–Crippen MR) is 84.6 cm³/mol.